The molecule has 21 heavy (non-hydrogen) atoms. The van der Waals surface area contributed by atoms with E-state index in [1.165, 1.54) is 7.05 Å². The van der Waals surface area contributed by atoms with Crippen molar-refractivity contribution in [1.82, 2.24) is 15.6 Å². The maximum atomic E-state index is 11.7. The van der Waals surface area contributed by atoms with Crippen LogP contribution in [0.1, 0.15) is 10.5 Å². The molecular weight excluding hydrogens is 368 g/mol. The van der Waals surface area contributed by atoms with E-state index in [1.54, 1.807) is 0 Å². The molecule has 0 radical (unpaired) electrons. The van der Waals surface area contributed by atoms with Gasteiger partial charge in [-0.1, -0.05) is 46.4 Å². The van der Waals surface area contributed by atoms with E-state index < -0.39 is 30.2 Å². The van der Waals surface area contributed by atoms with Crippen LogP contribution in [0.3, 0.4) is 0 Å². The number of aromatic nitrogens is 1. The van der Waals surface area contributed by atoms with E-state index in [-0.39, 0.29) is 20.2 Å². The lowest BCUT2D eigenvalue weighted by Crippen LogP contribution is -2.39. The molecule has 0 aliphatic rings. The molecule has 0 atom stereocenters. The molecule has 1 aromatic heterocycles. The van der Waals surface area contributed by atoms with Gasteiger partial charge in [0.25, 0.3) is 5.91 Å². The lowest BCUT2D eigenvalue weighted by Gasteiger charge is -2.08. The second-order valence-corrected chi connectivity index (χ2v) is 4.89. The Bertz CT molecular complexity index is 608. The minimum absolute atomic E-state index is 0.114. The van der Waals surface area contributed by atoms with Crippen molar-refractivity contribution in [2.75, 3.05) is 13.7 Å². The third-order valence-corrected chi connectivity index (χ3v) is 3.67. The molecule has 11 heteroatoms. The Balaban J connectivity index is 2.78. The monoisotopic (exact) mass is 373 g/mol. The molecule has 0 saturated heterocycles. The topological polar surface area (TPSA) is 97.4 Å². The number of esters is 1. The van der Waals surface area contributed by atoms with Crippen molar-refractivity contribution < 1.29 is 19.1 Å². The van der Waals surface area contributed by atoms with Crippen LogP contribution in [0.25, 0.3) is 0 Å². The zero-order valence-electron chi connectivity index (χ0n) is 10.3. The highest BCUT2D eigenvalue weighted by Gasteiger charge is 2.22. The van der Waals surface area contributed by atoms with Crippen LogP contribution in [0, 0.1) is 0 Å². The minimum atomic E-state index is -1.05. The molecule has 0 aromatic carbocycles. The van der Waals surface area contributed by atoms with Gasteiger partial charge in [0.1, 0.15) is 5.15 Å². The predicted molar refractivity (Wildman–Crippen MR) is 77.2 cm³/mol. The van der Waals surface area contributed by atoms with Gasteiger partial charge in [0.15, 0.2) is 12.3 Å². The van der Waals surface area contributed by atoms with Crippen LogP contribution in [0.2, 0.25) is 20.2 Å². The maximum Gasteiger partial charge on any atom is 0.359 e. The number of carbonyl (C=O) groups excluding carboxylic acids is 3. The zero-order chi connectivity index (χ0) is 16.2. The van der Waals surface area contributed by atoms with E-state index in [9.17, 15) is 14.4 Å². The molecule has 3 amide bonds. The smallest absolute Gasteiger partial charge is 0.359 e. The fraction of sp³-hybridized carbons (Fsp3) is 0.200. The van der Waals surface area contributed by atoms with Crippen LogP contribution >= 0.6 is 46.4 Å². The van der Waals surface area contributed by atoms with Crippen molar-refractivity contribution in [2.24, 2.45) is 0 Å². The van der Waals surface area contributed by atoms with E-state index in [0.29, 0.717) is 0 Å². The molecule has 0 aliphatic carbocycles. The predicted octanol–water partition coefficient (Wildman–Crippen LogP) is 2.31. The summed E-state index contributed by atoms with van der Waals surface area (Å²) < 4.78 is 4.63. The molecule has 7 nitrogen and oxygen atoms in total. The Morgan fingerprint density at radius 1 is 1.10 bits per heavy atom. The molecule has 0 aliphatic heterocycles. The van der Waals surface area contributed by atoms with Gasteiger partial charge in [-0.05, 0) is 0 Å². The molecule has 0 bridgehead atoms. The maximum absolute atomic E-state index is 11.7. The summed E-state index contributed by atoms with van der Waals surface area (Å²) in [5.74, 6) is -1.89. The van der Waals surface area contributed by atoms with Crippen LogP contribution in [0.15, 0.2) is 0 Å². The lowest BCUT2D eigenvalue weighted by atomic mass is 10.3. The standard InChI is InChI=1S/C10H7Cl4N3O4/c1-15-10(20)16-3(18)2-21-9(19)7-5(12)4(11)6(13)8(14)17-7/h2H2,1H3,(H2,15,16,18,20). The molecule has 114 valence electrons. The van der Waals surface area contributed by atoms with Gasteiger partial charge in [0.2, 0.25) is 0 Å². The third kappa shape index (κ3) is 4.60. The number of nitrogens with zero attached hydrogens (tertiary/aromatic N) is 1. The van der Waals surface area contributed by atoms with Crippen molar-refractivity contribution in [2.45, 2.75) is 0 Å². The van der Waals surface area contributed by atoms with Crippen molar-refractivity contribution in [1.29, 1.82) is 0 Å². The number of pyridine rings is 1. The summed E-state index contributed by atoms with van der Waals surface area (Å²) in [6, 6.07) is -0.746. The van der Waals surface area contributed by atoms with Gasteiger partial charge < -0.3 is 10.1 Å². The SMILES string of the molecule is CNC(=O)NC(=O)COC(=O)c1nc(Cl)c(Cl)c(Cl)c1Cl. The van der Waals surface area contributed by atoms with Crippen LogP contribution in [-0.4, -0.2) is 36.5 Å². The number of imide groups is 1. The largest absolute Gasteiger partial charge is 0.451 e. The Morgan fingerprint density at radius 2 is 1.71 bits per heavy atom. The highest BCUT2D eigenvalue weighted by Crippen LogP contribution is 2.36. The summed E-state index contributed by atoms with van der Waals surface area (Å²) in [5.41, 5.74) is -0.399. The zero-order valence-corrected chi connectivity index (χ0v) is 13.3. The molecular formula is C10H7Cl4N3O4. The summed E-state index contributed by atoms with van der Waals surface area (Å²) >= 11 is 22.9. The second-order valence-electron chi connectivity index (χ2n) is 3.40. The Kier molecular flexibility index (Phi) is 6.47. The minimum Gasteiger partial charge on any atom is -0.451 e. The van der Waals surface area contributed by atoms with Gasteiger partial charge in [0.05, 0.1) is 15.1 Å². The highest BCUT2D eigenvalue weighted by atomic mass is 35.5. The number of rotatable bonds is 3. The Morgan fingerprint density at radius 3 is 2.29 bits per heavy atom. The number of hydrogen-bond donors (Lipinski definition) is 2. The fourth-order valence-corrected chi connectivity index (χ4v) is 1.85. The Hall–Kier alpha value is -1.28. The summed E-state index contributed by atoms with van der Waals surface area (Å²) in [5, 5.41) is 3.26. The van der Waals surface area contributed by atoms with Crippen LogP contribution in [-0.2, 0) is 9.53 Å². The molecule has 1 aromatic rings. The quantitative estimate of drug-likeness (QED) is 0.624. The summed E-state index contributed by atoms with van der Waals surface area (Å²) in [4.78, 5) is 37.4. The number of ether oxygens (including phenoxy) is 1. The molecule has 1 rings (SSSR count). The summed E-state index contributed by atoms with van der Waals surface area (Å²) in [7, 11) is 1.32. The van der Waals surface area contributed by atoms with Gasteiger partial charge in [-0.2, -0.15) is 0 Å². The molecule has 0 unspecified atom stereocenters. The average molecular weight is 375 g/mol. The normalized spacial score (nSPS) is 9.95. The van der Waals surface area contributed by atoms with Gasteiger partial charge in [0, 0.05) is 7.05 Å². The third-order valence-electron chi connectivity index (χ3n) is 1.99. The summed E-state index contributed by atoms with van der Waals surface area (Å²) in [6.07, 6.45) is 0. The van der Waals surface area contributed by atoms with Gasteiger partial charge in [-0.3, -0.25) is 10.1 Å². The van der Waals surface area contributed by atoms with Crippen LogP contribution < -0.4 is 10.6 Å². The van der Waals surface area contributed by atoms with Gasteiger partial charge in [-0.15, -0.1) is 0 Å². The molecule has 0 fully saturated rings. The first-order chi connectivity index (χ1) is 9.77. The lowest BCUT2D eigenvalue weighted by molar-refractivity contribution is -0.123. The van der Waals surface area contributed by atoms with E-state index in [2.05, 4.69) is 15.0 Å². The van der Waals surface area contributed by atoms with Gasteiger partial charge >= 0.3 is 12.0 Å². The number of amides is 3. The van der Waals surface area contributed by atoms with E-state index in [0.717, 1.165) is 0 Å². The van der Waals surface area contributed by atoms with Crippen molar-refractivity contribution in [3.05, 3.63) is 25.9 Å². The first-order valence-electron chi connectivity index (χ1n) is 5.16. The van der Waals surface area contributed by atoms with Crippen molar-refractivity contribution in [3.63, 3.8) is 0 Å². The average Bonchev–Trinajstić information content (AvgIpc) is 2.46. The van der Waals surface area contributed by atoms with Gasteiger partial charge in [-0.25, -0.2) is 14.6 Å². The van der Waals surface area contributed by atoms with Crippen molar-refractivity contribution in [3.8, 4) is 0 Å². The fourth-order valence-electron chi connectivity index (χ4n) is 1.05. The number of hydrogen-bond acceptors (Lipinski definition) is 5. The van der Waals surface area contributed by atoms with E-state index >= 15 is 0 Å². The van der Waals surface area contributed by atoms with Crippen LogP contribution in [0.5, 0.6) is 0 Å². The molecule has 1 heterocycles. The van der Waals surface area contributed by atoms with E-state index in [1.807, 2.05) is 5.32 Å². The molecule has 0 spiro atoms. The number of nitrogens with one attached hydrogen (secondary N) is 2. The second kappa shape index (κ2) is 7.65. The first-order valence-corrected chi connectivity index (χ1v) is 6.67. The first kappa shape index (κ1) is 17.8. The van der Waals surface area contributed by atoms with E-state index in [4.69, 9.17) is 46.4 Å². The Labute approximate surface area is 138 Å². The number of carbonyl (C=O) groups is 3. The highest BCUT2D eigenvalue weighted by molar-refractivity contribution is 6.52. The number of halogens is 4. The molecule has 0 saturated carbocycles. The number of urea groups is 1. The summed E-state index contributed by atoms with van der Waals surface area (Å²) in [6.45, 7) is -0.720. The van der Waals surface area contributed by atoms with Crippen LogP contribution in [0.4, 0.5) is 4.79 Å². The molecule has 2 N–H and O–H groups in total. The van der Waals surface area contributed by atoms with Crippen molar-refractivity contribution >= 4 is 64.3 Å².